The number of hydrogen-bond donors (Lipinski definition) is 3. The van der Waals surface area contributed by atoms with Gasteiger partial charge in [-0.15, -0.1) is 0 Å². The number of rotatable bonds is 8. The standard InChI is InChI=1S/C27H30N2O4/c1-16(27(32)29-15-25(30)31)13-24-17(2)19(4)26(20(5)18(24)3)21-8-10-22(11-9-21)28-14-23-7-6-12-33-23/h6-13,28H,14-15H2,1-5H3,(H,29,32)(H,30,31). The minimum Gasteiger partial charge on any atom is -0.480 e. The van der Waals surface area contributed by atoms with Crippen LogP contribution in [0.25, 0.3) is 17.2 Å². The first-order valence-corrected chi connectivity index (χ1v) is 10.8. The molecule has 1 aromatic heterocycles. The van der Waals surface area contributed by atoms with E-state index in [2.05, 4.69) is 62.6 Å². The van der Waals surface area contributed by atoms with Gasteiger partial charge in [0.1, 0.15) is 12.3 Å². The molecule has 3 N–H and O–H groups in total. The van der Waals surface area contributed by atoms with Crippen LogP contribution in [0.2, 0.25) is 0 Å². The summed E-state index contributed by atoms with van der Waals surface area (Å²) in [6.45, 7) is 10.2. The average Bonchev–Trinajstić information content (AvgIpc) is 3.32. The van der Waals surface area contributed by atoms with Crippen LogP contribution in [0.4, 0.5) is 5.69 Å². The fraction of sp³-hybridized carbons (Fsp3) is 0.259. The number of hydrogen-bond acceptors (Lipinski definition) is 4. The quantitative estimate of drug-likeness (QED) is 0.403. The lowest BCUT2D eigenvalue weighted by molar-refractivity contribution is -0.137. The second kappa shape index (κ2) is 10.2. The van der Waals surface area contributed by atoms with Gasteiger partial charge in [0.15, 0.2) is 0 Å². The highest BCUT2D eigenvalue weighted by molar-refractivity contribution is 5.99. The molecule has 0 fully saturated rings. The Balaban J connectivity index is 1.88. The number of anilines is 1. The summed E-state index contributed by atoms with van der Waals surface area (Å²) in [6.07, 6.45) is 3.51. The summed E-state index contributed by atoms with van der Waals surface area (Å²) in [5.74, 6) is -0.567. The molecule has 0 spiro atoms. The lowest BCUT2D eigenvalue weighted by Gasteiger charge is -2.20. The van der Waals surface area contributed by atoms with Gasteiger partial charge in [0.25, 0.3) is 0 Å². The zero-order valence-corrected chi connectivity index (χ0v) is 19.7. The Hall–Kier alpha value is -3.80. The summed E-state index contributed by atoms with van der Waals surface area (Å²) >= 11 is 0. The maximum atomic E-state index is 12.2. The number of carbonyl (C=O) groups is 2. The Labute approximate surface area is 194 Å². The van der Waals surface area contributed by atoms with Gasteiger partial charge >= 0.3 is 5.97 Å². The van der Waals surface area contributed by atoms with Gasteiger partial charge in [0, 0.05) is 11.3 Å². The number of aliphatic carboxylic acids is 1. The molecule has 3 rings (SSSR count). The van der Waals surface area contributed by atoms with Crippen LogP contribution in [0.5, 0.6) is 0 Å². The van der Waals surface area contributed by atoms with Crippen molar-refractivity contribution in [3.05, 3.63) is 81.8 Å². The molecule has 0 radical (unpaired) electrons. The van der Waals surface area contributed by atoms with Crippen molar-refractivity contribution in [2.75, 3.05) is 11.9 Å². The molecule has 0 saturated carbocycles. The van der Waals surface area contributed by atoms with Crippen LogP contribution in [0.1, 0.15) is 40.5 Å². The van der Waals surface area contributed by atoms with Gasteiger partial charge in [-0.05, 0) is 104 Å². The van der Waals surface area contributed by atoms with Crippen LogP contribution in [0.3, 0.4) is 0 Å². The largest absolute Gasteiger partial charge is 0.480 e. The average molecular weight is 447 g/mol. The molecule has 0 atom stereocenters. The number of nitrogens with one attached hydrogen (secondary N) is 2. The maximum Gasteiger partial charge on any atom is 0.322 e. The fourth-order valence-electron chi connectivity index (χ4n) is 3.93. The van der Waals surface area contributed by atoms with E-state index in [4.69, 9.17) is 9.52 Å². The molecule has 0 bridgehead atoms. The number of amides is 1. The lowest BCUT2D eigenvalue weighted by atomic mass is 9.85. The third kappa shape index (κ3) is 5.52. The summed E-state index contributed by atoms with van der Waals surface area (Å²) in [7, 11) is 0. The van der Waals surface area contributed by atoms with Gasteiger partial charge in [-0.25, -0.2) is 0 Å². The lowest BCUT2D eigenvalue weighted by Crippen LogP contribution is -2.29. The Morgan fingerprint density at radius 3 is 2.15 bits per heavy atom. The number of carboxylic acid groups (broad SMARTS) is 1. The van der Waals surface area contributed by atoms with Crippen molar-refractivity contribution >= 4 is 23.6 Å². The van der Waals surface area contributed by atoms with Crippen molar-refractivity contribution in [3.63, 3.8) is 0 Å². The van der Waals surface area contributed by atoms with Crippen molar-refractivity contribution in [2.24, 2.45) is 0 Å². The first-order chi connectivity index (χ1) is 15.7. The second-order valence-corrected chi connectivity index (χ2v) is 8.20. The molecule has 0 aliphatic rings. The van der Waals surface area contributed by atoms with Crippen molar-refractivity contribution < 1.29 is 19.1 Å². The third-order valence-corrected chi connectivity index (χ3v) is 6.02. The Morgan fingerprint density at radius 2 is 1.61 bits per heavy atom. The zero-order valence-electron chi connectivity index (χ0n) is 19.7. The molecule has 0 saturated heterocycles. The Kier molecular flexibility index (Phi) is 7.38. The van der Waals surface area contributed by atoms with Crippen LogP contribution in [-0.4, -0.2) is 23.5 Å². The molecular weight excluding hydrogens is 416 g/mol. The maximum absolute atomic E-state index is 12.2. The Morgan fingerprint density at radius 1 is 0.970 bits per heavy atom. The molecule has 6 nitrogen and oxygen atoms in total. The second-order valence-electron chi connectivity index (χ2n) is 8.20. The first kappa shape index (κ1) is 23.9. The van der Waals surface area contributed by atoms with E-state index in [1.165, 1.54) is 5.56 Å². The van der Waals surface area contributed by atoms with E-state index in [1.807, 2.05) is 18.2 Å². The predicted octanol–water partition coefficient (Wildman–Crippen LogP) is 5.40. The molecule has 172 valence electrons. The van der Waals surface area contributed by atoms with E-state index in [9.17, 15) is 9.59 Å². The van der Waals surface area contributed by atoms with E-state index in [1.54, 1.807) is 13.2 Å². The van der Waals surface area contributed by atoms with E-state index in [0.717, 1.165) is 44.8 Å². The molecule has 2 aromatic carbocycles. The Bertz CT molecular complexity index is 1160. The van der Waals surface area contributed by atoms with E-state index >= 15 is 0 Å². The van der Waals surface area contributed by atoms with E-state index < -0.39 is 12.5 Å². The van der Waals surface area contributed by atoms with Crippen LogP contribution in [0.15, 0.2) is 52.7 Å². The molecule has 0 unspecified atom stereocenters. The summed E-state index contributed by atoms with van der Waals surface area (Å²) in [5.41, 5.74) is 9.30. The number of carboxylic acids is 1. The normalized spacial score (nSPS) is 11.4. The predicted molar refractivity (Wildman–Crippen MR) is 131 cm³/mol. The van der Waals surface area contributed by atoms with Gasteiger partial charge in [-0.1, -0.05) is 12.1 Å². The minimum atomic E-state index is -1.07. The number of carbonyl (C=O) groups excluding carboxylic acids is 1. The molecule has 0 aliphatic carbocycles. The SMILES string of the molecule is CC(=Cc1c(C)c(C)c(-c2ccc(NCc3ccco3)cc2)c(C)c1C)C(=O)NCC(=O)O. The van der Waals surface area contributed by atoms with E-state index in [0.29, 0.717) is 12.1 Å². The minimum absolute atomic E-state index is 0.381. The smallest absolute Gasteiger partial charge is 0.322 e. The molecule has 6 heteroatoms. The molecule has 0 aliphatic heterocycles. The van der Waals surface area contributed by atoms with Gasteiger partial charge in [-0.3, -0.25) is 9.59 Å². The van der Waals surface area contributed by atoms with Crippen molar-refractivity contribution in [1.82, 2.24) is 5.32 Å². The first-order valence-electron chi connectivity index (χ1n) is 10.8. The van der Waals surface area contributed by atoms with Crippen LogP contribution in [-0.2, 0) is 16.1 Å². The number of benzene rings is 2. The fourth-order valence-corrected chi connectivity index (χ4v) is 3.93. The highest BCUT2D eigenvalue weighted by Gasteiger charge is 2.16. The topological polar surface area (TPSA) is 91.6 Å². The third-order valence-electron chi connectivity index (χ3n) is 6.02. The summed E-state index contributed by atoms with van der Waals surface area (Å²) in [4.78, 5) is 23.0. The highest BCUT2D eigenvalue weighted by Crippen LogP contribution is 2.35. The summed E-state index contributed by atoms with van der Waals surface area (Å²) in [6, 6.07) is 12.2. The molecule has 1 amide bonds. The van der Waals surface area contributed by atoms with Gasteiger partial charge in [0.2, 0.25) is 5.91 Å². The van der Waals surface area contributed by atoms with Crippen LogP contribution in [0, 0.1) is 27.7 Å². The molecule has 3 aromatic rings. The van der Waals surface area contributed by atoms with Crippen molar-refractivity contribution in [3.8, 4) is 11.1 Å². The van der Waals surface area contributed by atoms with Crippen LogP contribution >= 0.6 is 0 Å². The van der Waals surface area contributed by atoms with Gasteiger partial charge in [0.05, 0.1) is 12.8 Å². The number of furan rings is 1. The van der Waals surface area contributed by atoms with Crippen molar-refractivity contribution in [1.29, 1.82) is 0 Å². The van der Waals surface area contributed by atoms with E-state index in [-0.39, 0.29) is 5.91 Å². The molecule has 33 heavy (non-hydrogen) atoms. The highest BCUT2D eigenvalue weighted by atomic mass is 16.4. The zero-order chi connectivity index (χ0) is 24.1. The summed E-state index contributed by atoms with van der Waals surface area (Å²) in [5, 5.41) is 14.6. The molecule has 1 heterocycles. The monoisotopic (exact) mass is 446 g/mol. The van der Waals surface area contributed by atoms with Gasteiger partial charge in [-0.2, -0.15) is 0 Å². The van der Waals surface area contributed by atoms with Gasteiger partial charge < -0.3 is 20.2 Å². The molecular formula is C27H30N2O4. The van der Waals surface area contributed by atoms with Crippen LogP contribution < -0.4 is 10.6 Å². The summed E-state index contributed by atoms with van der Waals surface area (Å²) < 4.78 is 5.37. The van der Waals surface area contributed by atoms with Crippen molar-refractivity contribution in [2.45, 2.75) is 41.2 Å².